The fraction of sp³-hybridized carbons (Fsp3) is 0.250. The number of fused-ring (bicyclic) bond motifs is 1. The minimum atomic E-state index is 0.0841. The predicted octanol–water partition coefficient (Wildman–Crippen LogP) is 3.95. The normalized spacial score (nSPS) is 17.3. The Morgan fingerprint density at radius 2 is 2.13 bits per heavy atom. The van der Waals surface area contributed by atoms with E-state index in [9.17, 15) is 5.26 Å². The maximum absolute atomic E-state index is 9.20. The topological polar surface area (TPSA) is 91.7 Å². The number of nitrogens with zero attached hydrogens (tertiary/aromatic N) is 3. The lowest BCUT2D eigenvalue weighted by atomic mass is 9.93. The molecule has 1 aliphatic rings. The number of hydrogen-bond donors (Lipinski definition) is 3. The molecule has 1 aliphatic heterocycles. The zero-order chi connectivity index (χ0) is 21.1. The average molecular weight is 399 g/mol. The molecule has 4 rings (SSSR count). The zero-order valence-electron chi connectivity index (χ0n) is 17.3. The third-order valence-corrected chi connectivity index (χ3v) is 5.48. The molecule has 0 spiro atoms. The number of aromatic nitrogens is 2. The minimum Gasteiger partial charge on any atom is -0.401 e. The van der Waals surface area contributed by atoms with Gasteiger partial charge in [0.1, 0.15) is 0 Å². The van der Waals surface area contributed by atoms with Crippen molar-refractivity contribution in [2.75, 3.05) is 11.9 Å². The molecular formula is C24H26N6. The number of nitrogens with one attached hydrogen (secondary N) is 2. The van der Waals surface area contributed by atoms with Gasteiger partial charge in [0.2, 0.25) is 0 Å². The molecule has 0 radical (unpaired) electrons. The summed E-state index contributed by atoms with van der Waals surface area (Å²) < 4.78 is 1.81. The van der Waals surface area contributed by atoms with Crippen LogP contribution in [0.15, 0.2) is 60.6 Å². The van der Waals surface area contributed by atoms with Gasteiger partial charge in [-0.15, -0.1) is 0 Å². The molecule has 0 saturated heterocycles. The van der Waals surface area contributed by atoms with Gasteiger partial charge in [-0.1, -0.05) is 30.3 Å². The van der Waals surface area contributed by atoms with E-state index in [2.05, 4.69) is 40.0 Å². The third kappa shape index (κ3) is 3.87. The summed E-state index contributed by atoms with van der Waals surface area (Å²) in [4.78, 5) is 0. The van der Waals surface area contributed by atoms with Crippen LogP contribution in [0.25, 0.3) is 16.8 Å². The molecule has 30 heavy (non-hydrogen) atoms. The molecule has 3 aromatic rings. The first kappa shape index (κ1) is 19.6. The molecule has 0 amide bonds. The molecule has 2 heterocycles. The molecule has 1 unspecified atom stereocenters. The highest BCUT2D eigenvalue weighted by Crippen LogP contribution is 2.35. The van der Waals surface area contributed by atoms with Crippen molar-refractivity contribution in [1.29, 1.82) is 5.26 Å². The highest BCUT2D eigenvalue weighted by atomic mass is 15.2. The smallest absolute Gasteiger partial charge is 0.0670 e. The van der Waals surface area contributed by atoms with E-state index in [-0.39, 0.29) is 6.04 Å². The van der Waals surface area contributed by atoms with Crippen LogP contribution in [0, 0.1) is 11.3 Å². The number of hydrogen-bond acceptors (Lipinski definition) is 5. The van der Waals surface area contributed by atoms with E-state index >= 15 is 0 Å². The van der Waals surface area contributed by atoms with E-state index in [4.69, 9.17) is 5.73 Å². The fourth-order valence-corrected chi connectivity index (χ4v) is 4.01. The Hall–Kier alpha value is -3.72. The lowest BCUT2D eigenvalue weighted by Crippen LogP contribution is -2.17. The van der Waals surface area contributed by atoms with Gasteiger partial charge in [0.15, 0.2) is 0 Å². The summed E-state index contributed by atoms with van der Waals surface area (Å²) in [7, 11) is 1.92. The van der Waals surface area contributed by atoms with Crippen LogP contribution < -0.4 is 16.4 Å². The second-order valence-electron chi connectivity index (χ2n) is 7.67. The number of allylic oxidation sites excluding steroid dienone is 1. The summed E-state index contributed by atoms with van der Waals surface area (Å²) in [6.07, 6.45) is 5.17. The van der Waals surface area contributed by atoms with Crippen LogP contribution >= 0.6 is 0 Å². The fourth-order valence-electron chi connectivity index (χ4n) is 4.01. The largest absolute Gasteiger partial charge is 0.401 e. The number of nitriles is 1. The molecular weight excluding hydrogens is 372 g/mol. The van der Waals surface area contributed by atoms with E-state index in [1.54, 1.807) is 0 Å². The zero-order valence-corrected chi connectivity index (χ0v) is 17.3. The van der Waals surface area contributed by atoms with E-state index in [1.165, 1.54) is 5.56 Å². The van der Waals surface area contributed by atoms with Crippen molar-refractivity contribution >= 4 is 11.4 Å². The van der Waals surface area contributed by atoms with Crippen LogP contribution in [-0.2, 0) is 13.5 Å². The number of para-hydroxylation sites is 1. The van der Waals surface area contributed by atoms with Crippen LogP contribution in [0.1, 0.15) is 36.1 Å². The lowest BCUT2D eigenvalue weighted by molar-refractivity contribution is 0.682. The molecule has 2 aromatic carbocycles. The molecule has 0 fully saturated rings. The van der Waals surface area contributed by atoms with Gasteiger partial charge in [0.05, 0.1) is 30.4 Å². The Labute approximate surface area is 177 Å². The number of rotatable bonds is 4. The van der Waals surface area contributed by atoms with Crippen molar-refractivity contribution in [2.24, 2.45) is 12.8 Å². The summed E-state index contributed by atoms with van der Waals surface area (Å²) >= 11 is 0. The average Bonchev–Trinajstić information content (AvgIpc) is 3.09. The van der Waals surface area contributed by atoms with E-state index in [0.717, 1.165) is 52.3 Å². The highest BCUT2D eigenvalue weighted by Gasteiger charge is 2.23. The molecule has 6 heteroatoms. The molecule has 0 bridgehead atoms. The van der Waals surface area contributed by atoms with Gasteiger partial charge >= 0.3 is 0 Å². The first-order valence-electron chi connectivity index (χ1n) is 10.1. The Kier molecular flexibility index (Phi) is 5.44. The molecule has 152 valence electrons. The molecule has 6 nitrogen and oxygen atoms in total. The molecule has 1 aromatic heterocycles. The lowest BCUT2D eigenvalue weighted by Gasteiger charge is -2.22. The van der Waals surface area contributed by atoms with Crippen LogP contribution in [0.4, 0.5) is 5.69 Å². The summed E-state index contributed by atoms with van der Waals surface area (Å²) in [6, 6.07) is 16.8. The predicted molar refractivity (Wildman–Crippen MR) is 120 cm³/mol. The van der Waals surface area contributed by atoms with E-state index < -0.39 is 0 Å². The van der Waals surface area contributed by atoms with Crippen molar-refractivity contribution in [3.63, 3.8) is 0 Å². The van der Waals surface area contributed by atoms with Crippen LogP contribution in [-0.4, -0.2) is 16.3 Å². The van der Waals surface area contributed by atoms with Crippen molar-refractivity contribution < 1.29 is 0 Å². The minimum absolute atomic E-state index is 0.0841. The van der Waals surface area contributed by atoms with Crippen LogP contribution in [0.2, 0.25) is 0 Å². The third-order valence-electron chi connectivity index (χ3n) is 5.48. The standard InChI is InChI=1S/C24H26N6/c1-16(26)24-20-8-7-18(19-14-28-30(2)15-19)13-21(20)23(10-12-27-24)29-22-6-4-3-5-17(22)9-11-25/h3-8,13-15,23,27,29H,9-10,12,26H2,1-2H3/b24-16-. The van der Waals surface area contributed by atoms with E-state index in [1.807, 2.05) is 55.3 Å². The summed E-state index contributed by atoms with van der Waals surface area (Å²) in [5.74, 6) is 0. The second-order valence-corrected chi connectivity index (χ2v) is 7.67. The first-order chi connectivity index (χ1) is 14.6. The summed E-state index contributed by atoms with van der Waals surface area (Å²) in [5, 5.41) is 20.7. The number of anilines is 1. The highest BCUT2D eigenvalue weighted by molar-refractivity contribution is 5.75. The van der Waals surface area contributed by atoms with Crippen LogP contribution in [0.5, 0.6) is 0 Å². The Morgan fingerprint density at radius 1 is 1.30 bits per heavy atom. The summed E-state index contributed by atoms with van der Waals surface area (Å²) in [5.41, 5.74) is 14.5. The number of benzene rings is 2. The number of aryl methyl sites for hydroxylation is 1. The maximum atomic E-state index is 9.20. The SMILES string of the molecule is C/C(N)=C1/NCCC(Nc2ccccc2CC#N)c2cc(-c3cnn(C)c3)ccc21. The quantitative estimate of drug-likeness (QED) is 0.619. The van der Waals surface area contributed by atoms with Gasteiger partial charge in [-0.25, -0.2) is 0 Å². The monoisotopic (exact) mass is 398 g/mol. The van der Waals surface area contributed by atoms with Gasteiger partial charge in [0.25, 0.3) is 0 Å². The van der Waals surface area contributed by atoms with Gasteiger partial charge < -0.3 is 16.4 Å². The second kappa shape index (κ2) is 8.34. The van der Waals surface area contributed by atoms with Gasteiger partial charge in [0, 0.05) is 42.3 Å². The van der Waals surface area contributed by atoms with Gasteiger partial charge in [-0.3, -0.25) is 4.68 Å². The Bertz CT molecular complexity index is 1130. The van der Waals surface area contributed by atoms with Crippen molar-refractivity contribution in [2.45, 2.75) is 25.8 Å². The Morgan fingerprint density at radius 3 is 2.87 bits per heavy atom. The molecule has 4 N–H and O–H groups in total. The van der Waals surface area contributed by atoms with Crippen molar-refractivity contribution in [3.05, 3.63) is 77.2 Å². The van der Waals surface area contributed by atoms with Crippen LogP contribution in [0.3, 0.4) is 0 Å². The molecule has 0 aliphatic carbocycles. The maximum Gasteiger partial charge on any atom is 0.0670 e. The van der Waals surface area contributed by atoms with Gasteiger partial charge in [-0.05, 0) is 42.2 Å². The van der Waals surface area contributed by atoms with Gasteiger partial charge in [-0.2, -0.15) is 10.4 Å². The number of nitrogens with two attached hydrogens (primary N) is 1. The van der Waals surface area contributed by atoms with Crippen molar-refractivity contribution in [3.8, 4) is 17.2 Å². The molecule has 1 atom stereocenters. The Balaban J connectivity index is 1.80. The van der Waals surface area contributed by atoms with Crippen molar-refractivity contribution in [1.82, 2.24) is 15.1 Å². The van der Waals surface area contributed by atoms with E-state index in [0.29, 0.717) is 6.42 Å². The summed E-state index contributed by atoms with van der Waals surface area (Å²) in [6.45, 7) is 2.73. The first-order valence-corrected chi connectivity index (χ1v) is 10.1. The molecule has 0 saturated carbocycles.